The Labute approximate surface area is 137 Å². The minimum Gasteiger partial charge on any atom is -0.393 e. The molecule has 1 aliphatic rings. The third-order valence-corrected chi connectivity index (χ3v) is 4.52. The second-order valence-corrected chi connectivity index (χ2v) is 7.78. The van der Waals surface area contributed by atoms with Crippen molar-refractivity contribution in [3.05, 3.63) is 29.3 Å². The lowest BCUT2D eigenvalue weighted by Crippen LogP contribution is -2.64. The number of benzene rings is 1. The minimum atomic E-state index is -0.287. The Morgan fingerprint density at radius 1 is 1.19 bits per heavy atom. The van der Waals surface area contributed by atoms with Crippen molar-refractivity contribution in [2.24, 2.45) is 0 Å². The maximum atomic E-state index is 10.1. The van der Waals surface area contributed by atoms with Gasteiger partial charge >= 0.3 is 0 Å². The van der Waals surface area contributed by atoms with Crippen LogP contribution in [0.25, 0.3) is 0 Å². The van der Waals surface area contributed by atoms with Gasteiger partial charge in [-0.05, 0) is 77.0 Å². The molecule has 2 N–H and O–H groups in total. The summed E-state index contributed by atoms with van der Waals surface area (Å²) in [5, 5.41) is 14.8. The number of aliphatic hydroxyl groups excluding tert-OH is 1. The predicted octanol–water partition coefficient (Wildman–Crippen LogP) is 4.05. The molecule has 1 aromatic carbocycles. The van der Waals surface area contributed by atoms with E-state index >= 15 is 0 Å². The zero-order valence-corrected chi connectivity index (χ0v) is 14.6. The number of halogens is 1. The molecule has 1 aliphatic heterocycles. The van der Waals surface area contributed by atoms with Crippen molar-refractivity contribution in [3.63, 3.8) is 0 Å². The standard InChI is InChI=1S/C16H23ClN2OS/c1-15(2)9-13(20)10-16(3,4)19(15)14(21)18-12-7-5-11(17)6-8-12/h5-8,13,20H,9-10H2,1-4H3,(H,18,21). The van der Waals surface area contributed by atoms with Crippen molar-refractivity contribution in [2.45, 2.75) is 57.7 Å². The Kier molecular flexibility index (Phi) is 4.52. The molecule has 0 aliphatic carbocycles. The molecule has 3 nitrogen and oxygen atoms in total. The average molecular weight is 327 g/mol. The van der Waals surface area contributed by atoms with Crippen molar-refractivity contribution in [1.29, 1.82) is 0 Å². The summed E-state index contributed by atoms with van der Waals surface area (Å²) in [7, 11) is 0. The molecule has 1 saturated heterocycles. The number of hydrogen-bond donors (Lipinski definition) is 2. The third kappa shape index (κ3) is 3.68. The number of nitrogens with zero attached hydrogens (tertiary/aromatic N) is 1. The van der Waals surface area contributed by atoms with Crippen LogP contribution in [0.1, 0.15) is 40.5 Å². The van der Waals surface area contributed by atoms with Gasteiger partial charge in [0.05, 0.1) is 6.10 Å². The number of likely N-dealkylation sites (tertiary alicyclic amines) is 1. The molecule has 0 radical (unpaired) electrons. The highest BCUT2D eigenvalue weighted by Gasteiger charge is 2.46. The second-order valence-electron chi connectivity index (χ2n) is 6.96. The van der Waals surface area contributed by atoms with E-state index in [2.05, 4.69) is 37.9 Å². The van der Waals surface area contributed by atoms with Crippen LogP contribution in [-0.4, -0.2) is 32.3 Å². The molecule has 21 heavy (non-hydrogen) atoms. The van der Waals surface area contributed by atoms with Crippen LogP contribution in [0.15, 0.2) is 24.3 Å². The Morgan fingerprint density at radius 3 is 2.14 bits per heavy atom. The lowest BCUT2D eigenvalue weighted by atomic mass is 9.78. The van der Waals surface area contributed by atoms with E-state index < -0.39 is 0 Å². The summed E-state index contributed by atoms with van der Waals surface area (Å²) in [4.78, 5) is 2.21. The molecule has 0 unspecified atom stereocenters. The fourth-order valence-corrected chi connectivity index (χ4v) is 4.23. The Bertz CT molecular complexity index is 510. The minimum absolute atomic E-state index is 0.197. The van der Waals surface area contributed by atoms with Gasteiger partial charge in [0.1, 0.15) is 0 Å². The largest absolute Gasteiger partial charge is 0.393 e. The summed E-state index contributed by atoms with van der Waals surface area (Å²) in [5.74, 6) is 0. The number of aliphatic hydroxyl groups is 1. The van der Waals surface area contributed by atoms with Crippen LogP contribution in [0.5, 0.6) is 0 Å². The van der Waals surface area contributed by atoms with E-state index in [1.54, 1.807) is 0 Å². The van der Waals surface area contributed by atoms with Crippen molar-refractivity contribution in [1.82, 2.24) is 4.90 Å². The van der Waals surface area contributed by atoms with E-state index in [0.717, 1.165) is 5.69 Å². The first-order valence-electron chi connectivity index (χ1n) is 7.17. The predicted molar refractivity (Wildman–Crippen MR) is 92.9 cm³/mol. The summed E-state index contributed by atoms with van der Waals surface area (Å²) >= 11 is 11.5. The molecule has 1 aromatic rings. The molecular weight excluding hydrogens is 304 g/mol. The number of anilines is 1. The monoisotopic (exact) mass is 326 g/mol. The maximum Gasteiger partial charge on any atom is 0.174 e. The average Bonchev–Trinajstić information content (AvgIpc) is 2.27. The topological polar surface area (TPSA) is 35.5 Å². The quantitative estimate of drug-likeness (QED) is 0.763. The van der Waals surface area contributed by atoms with Crippen LogP contribution in [0.2, 0.25) is 5.02 Å². The Hall–Kier alpha value is -0.840. The molecule has 1 fully saturated rings. The van der Waals surface area contributed by atoms with Crippen LogP contribution in [-0.2, 0) is 0 Å². The number of nitrogens with one attached hydrogen (secondary N) is 1. The van der Waals surface area contributed by atoms with Crippen molar-refractivity contribution in [2.75, 3.05) is 5.32 Å². The van der Waals surface area contributed by atoms with Gasteiger partial charge in [-0.1, -0.05) is 11.6 Å². The summed E-state index contributed by atoms with van der Waals surface area (Å²) in [5.41, 5.74) is 0.525. The normalized spacial score (nSPS) is 21.1. The summed E-state index contributed by atoms with van der Waals surface area (Å²) in [6.07, 6.45) is 1.13. The number of thiocarbonyl (C=S) groups is 1. The fraction of sp³-hybridized carbons (Fsp3) is 0.562. The van der Waals surface area contributed by atoms with Crippen LogP contribution in [0, 0.1) is 0 Å². The molecule has 5 heteroatoms. The maximum absolute atomic E-state index is 10.1. The highest BCUT2D eigenvalue weighted by Crippen LogP contribution is 2.38. The summed E-state index contributed by atoms with van der Waals surface area (Å²) < 4.78 is 0. The molecule has 0 spiro atoms. The smallest absolute Gasteiger partial charge is 0.174 e. The van der Waals surface area contributed by atoms with Gasteiger partial charge in [-0.2, -0.15) is 0 Å². The van der Waals surface area contributed by atoms with E-state index in [4.69, 9.17) is 23.8 Å². The zero-order chi connectivity index (χ0) is 15.8. The van der Waals surface area contributed by atoms with Crippen molar-refractivity contribution in [3.8, 4) is 0 Å². The lowest BCUT2D eigenvalue weighted by molar-refractivity contribution is -0.0342. The van der Waals surface area contributed by atoms with Gasteiger partial charge in [-0.15, -0.1) is 0 Å². The van der Waals surface area contributed by atoms with Gasteiger partial charge in [0.25, 0.3) is 0 Å². The van der Waals surface area contributed by atoms with Crippen molar-refractivity contribution >= 4 is 34.6 Å². The van der Waals surface area contributed by atoms with E-state index in [1.165, 1.54) is 0 Å². The number of piperidine rings is 1. The van der Waals surface area contributed by atoms with Gasteiger partial charge in [0.15, 0.2) is 5.11 Å². The first-order valence-corrected chi connectivity index (χ1v) is 7.95. The van der Waals surface area contributed by atoms with Gasteiger partial charge in [-0.3, -0.25) is 0 Å². The van der Waals surface area contributed by atoms with E-state index in [9.17, 15) is 5.11 Å². The number of hydrogen-bond acceptors (Lipinski definition) is 2. The van der Waals surface area contributed by atoms with E-state index in [0.29, 0.717) is 23.0 Å². The summed E-state index contributed by atoms with van der Waals surface area (Å²) in [6, 6.07) is 7.49. The molecule has 0 amide bonds. The van der Waals surface area contributed by atoms with Crippen LogP contribution >= 0.6 is 23.8 Å². The molecule has 1 heterocycles. The molecule has 0 saturated carbocycles. The van der Waals surface area contributed by atoms with E-state index in [1.807, 2.05) is 24.3 Å². The number of rotatable bonds is 1. The van der Waals surface area contributed by atoms with Crippen molar-refractivity contribution < 1.29 is 5.11 Å². The lowest BCUT2D eigenvalue weighted by Gasteiger charge is -2.55. The summed E-state index contributed by atoms with van der Waals surface area (Å²) in [6.45, 7) is 8.47. The fourth-order valence-electron chi connectivity index (χ4n) is 3.49. The zero-order valence-electron chi connectivity index (χ0n) is 13.0. The second kappa shape index (κ2) is 5.75. The SMILES string of the molecule is CC1(C)CC(O)CC(C)(C)N1C(=S)Nc1ccc(Cl)cc1. The van der Waals surface area contributed by atoms with Gasteiger partial charge < -0.3 is 15.3 Å². The highest BCUT2D eigenvalue weighted by atomic mass is 35.5. The molecule has 116 valence electrons. The molecular formula is C16H23ClN2OS. The van der Waals surface area contributed by atoms with Gasteiger partial charge in [0, 0.05) is 21.8 Å². The molecule has 0 bridgehead atoms. The molecule has 2 rings (SSSR count). The van der Waals surface area contributed by atoms with Crippen LogP contribution < -0.4 is 5.32 Å². The molecule has 0 aromatic heterocycles. The van der Waals surface area contributed by atoms with Gasteiger partial charge in [-0.25, -0.2) is 0 Å². The first kappa shape index (κ1) is 16.5. The Morgan fingerprint density at radius 2 is 1.67 bits per heavy atom. The van der Waals surface area contributed by atoms with Gasteiger partial charge in [0.2, 0.25) is 0 Å². The van der Waals surface area contributed by atoms with Crippen LogP contribution in [0.4, 0.5) is 5.69 Å². The molecule has 0 atom stereocenters. The van der Waals surface area contributed by atoms with Crippen LogP contribution in [0.3, 0.4) is 0 Å². The first-order chi connectivity index (χ1) is 9.62. The Balaban J connectivity index is 2.21. The van der Waals surface area contributed by atoms with E-state index in [-0.39, 0.29) is 17.2 Å². The highest BCUT2D eigenvalue weighted by molar-refractivity contribution is 7.80. The third-order valence-electron chi connectivity index (χ3n) is 3.98.